The van der Waals surface area contributed by atoms with E-state index in [0.29, 0.717) is 43.6 Å². The minimum absolute atomic E-state index is 0.0200. The molecule has 3 atom stereocenters. The van der Waals surface area contributed by atoms with E-state index in [0.717, 1.165) is 12.0 Å². The lowest BCUT2D eigenvalue weighted by molar-refractivity contribution is -0.134. The first-order chi connectivity index (χ1) is 19.1. The SMILES string of the molecule is CCCC(C)(NC(=O)OC(C)(C)C)C(=O)N[C@H](CC(C)C)C(=O)NC1Cc2cccc(N3CCCC3=O)c2NC1=O. The maximum absolute atomic E-state index is 13.5. The molecule has 0 saturated carbocycles. The Hall–Kier alpha value is -3.63. The number of nitrogens with zero attached hydrogens (tertiary/aromatic N) is 1. The van der Waals surface area contributed by atoms with Crippen molar-refractivity contribution < 1.29 is 28.7 Å². The van der Waals surface area contributed by atoms with Gasteiger partial charge >= 0.3 is 6.09 Å². The fourth-order valence-electron chi connectivity index (χ4n) is 5.22. The highest BCUT2D eigenvalue weighted by Gasteiger charge is 2.39. The van der Waals surface area contributed by atoms with Crippen molar-refractivity contribution in [2.45, 2.75) is 110 Å². The maximum Gasteiger partial charge on any atom is 0.408 e. The predicted octanol–water partition coefficient (Wildman–Crippen LogP) is 3.41. The van der Waals surface area contributed by atoms with E-state index >= 15 is 0 Å². The van der Waals surface area contributed by atoms with Gasteiger partial charge in [-0.05, 0) is 64.5 Å². The van der Waals surface area contributed by atoms with Gasteiger partial charge in [0, 0.05) is 19.4 Å². The number of hydrogen-bond donors (Lipinski definition) is 4. The first-order valence-corrected chi connectivity index (χ1v) is 14.5. The summed E-state index contributed by atoms with van der Waals surface area (Å²) in [7, 11) is 0. The minimum atomic E-state index is -1.31. The quantitative estimate of drug-likeness (QED) is 0.339. The zero-order valence-corrected chi connectivity index (χ0v) is 25.3. The van der Waals surface area contributed by atoms with Crippen LogP contribution in [0.3, 0.4) is 0 Å². The Bertz CT molecular complexity index is 1180. The van der Waals surface area contributed by atoms with Crippen LogP contribution >= 0.6 is 0 Å². The second-order valence-corrected chi connectivity index (χ2v) is 12.6. The number of para-hydroxylation sites is 1. The summed E-state index contributed by atoms with van der Waals surface area (Å²) in [6.07, 6.45) is 2.04. The summed E-state index contributed by atoms with van der Waals surface area (Å²) < 4.78 is 5.36. The summed E-state index contributed by atoms with van der Waals surface area (Å²) in [5, 5.41) is 11.2. The fraction of sp³-hybridized carbons (Fsp3) is 0.633. The molecule has 11 nitrogen and oxygen atoms in total. The Balaban J connectivity index is 1.75. The molecule has 0 bridgehead atoms. The number of carbonyl (C=O) groups excluding carboxylic acids is 5. The van der Waals surface area contributed by atoms with Crippen molar-refractivity contribution in [3.8, 4) is 0 Å². The van der Waals surface area contributed by atoms with Gasteiger partial charge in [-0.1, -0.05) is 39.3 Å². The Morgan fingerprint density at radius 1 is 1.15 bits per heavy atom. The Kier molecular flexibility index (Phi) is 10.0. The minimum Gasteiger partial charge on any atom is -0.444 e. The van der Waals surface area contributed by atoms with Crippen LogP contribution in [0.2, 0.25) is 0 Å². The van der Waals surface area contributed by atoms with Gasteiger partial charge in [0.25, 0.3) is 0 Å². The lowest BCUT2D eigenvalue weighted by atomic mass is 9.93. The van der Waals surface area contributed by atoms with Crippen LogP contribution in [0.5, 0.6) is 0 Å². The van der Waals surface area contributed by atoms with Crippen LogP contribution < -0.4 is 26.2 Å². The molecule has 1 saturated heterocycles. The summed E-state index contributed by atoms with van der Waals surface area (Å²) >= 11 is 0. The Morgan fingerprint density at radius 2 is 1.85 bits per heavy atom. The number of rotatable bonds is 10. The number of alkyl carbamates (subject to hydrolysis) is 1. The molecule has 2 aliphatic rings. The lowest BCUT2D eigenvalue weighted by Crippen LogP contribution is -2.62. The Labute approximate surface area is 242 Å². The molecule has 5 amide bonds. The van der Waals surface area contributed by atoms with Gasteiger partial charge in [-0.2, -0.15) is 0 Å². The smallest absolute Gasteiger partial charge is 0.408 e. The number of nitrogens with one attached hydrogen (secondary N) is 4. The highest BCUT2D eigenvalue weighted by molar-refractivity contribution is 6.07. The second kappa shape index (κ2) is 12.9. The average molecular weight is 572 g/mol. The number of amides is 5. The number of anilines is 2. The molecule has 0 spiro atoms. The van der Waals surface area contributed by atoms with Gasteiger partial charge in [0.2, 0.25) is 23.6 Å². The van der Waals surface area contributed by atoms with E-state index in [2.05, 4.69) is 21.3 Å². The molecule has 2 aliphatic heterocycles. The topological polar surface area (TPSA) is 146 Å². The molecule has 4 N–H and O–H groups in total. The number of fused-ring (bicyclic) bond motifs is 1. The molecule has 0 aliphatic carbocycles. The lowest BCUT2D eigenvalue weighted by Gasteiger charge is -2.33. The van der Waals surface area contributed by atoms with E-state index in [1.807, 2.05) is 39.0 Å². The van der Waals surface area contributed by atoms with Crippen molar-refractivity contribution in [1.29, 1.82) is 0 Å². The van der Waals surface area contributed by atoms with Gasteiger partial charge in [-0.25, -0.2) is 4.79 Å². The molecule has 1 fully saturated rings. The van der Waals surface area contributed by atoms with Gasteiger partial charge in [0.05, 0.1) is 11.4 Å². The van der Waals surface area contributed by atoms with Crippen LogP contribution in [0, 0.1) is 5.92 Å². The Morgan fingerprint density at radius 3 is 2.44 bits per heavy atom. The van der Waals surface area contributed by atoms with Crippen molar-refractivity contribution in [3.63, 3.8) is 0 Å². The van der Waals surface area contributed by atoms with Crippen LogP contribution in [0.15, 0.2) is 18.2 Å². The highest BCUT2D eigenvalue weighted by atomic mass is 16.6. The molecule has 41 heavy (non-hydrogen) atoms. The second-order valence-electron chi connectivity index (χ2n) is 12.6. The molecule has 1 aromatic carbocycles. The molecule has 11 heteroatoms. The molecule has 0 radical (unpaired) electrons. The monoisotopic (exact) mass is 571 g/mol. The first-order valence-electron chi connectivity index (χ1n) is 14.5. The summed E-state index contributed by atoms with van der Waals surface area (Å²) in [6.45, 7) is 13.2. The van der Waals surface area contributed by atoms with Crippen LogP contribution in [-0.2, 0) is 30.3 Å². The molecular formula is C30H45N5O6. The van der Waals surface area contributed by atoms with Crippen molar-refractivity contribution in [2.24, 2.45) is 5.92 Å². The highest BCUT2D eigenvalue weighted by Crippen LogP contribution is 2.35. The normalized spacial score (nSPS) is 19.1. The van der Waals surface area contributed by atoms with Gasteiger partial charge in [0.1, 0.15) is 23.2 Å². The van der Waals surface area contributed by atoms with E-state index in [9.17, 15) is 24.0 Å². The van der Waals surface area contributed by atoms with Crippen LogP contribution in [-0.4, -0.2) is 59.5 Å². The van der Waals surface area contributed by atoms with Crippen molar-refractivity contribution >= 4 is 41.1 Å². The summed E-state index contributed by atoms with van der Waals surface area (Å²) in [5.41, 5.74) is 0.0257. The van der Waals surface area contributed by atoms with E-state index in [-0.39, 0.29) is 24.2 Å². The maximum atomic E-state index is 13.5. The zero-order valence-electron chi connectivity index (χ0n) is 25.3. The van der Waals surface area contributed by atoms with E-state index in [4.69, 9.17) is 4.74 Å². The summed E-state index contributed by atoms with van der Waals surface area (Å²) in [6, 6.07) is 3.73. The standard InChI is InChI=1S/C30H45N5O6/c1-8-14-30(7,34-28(40)41-29(4,5)6)27(39)32-20(16-18(2)3)25(37)31-21-17-19-11-9-12-22(24(19)33-26(21)38)35-15-10-13-23(35)36/h9,11-12,18,20-21H,8,10,13-17H2,1-7H3,(H,31,37)(H,32,39)(H,33,38)(H,34,40)/t20-,21?,30?/m1/s1. The fourth-order valence-corrected chi connectivity index (χ4v) is 5.22. The molecule has 2 heterocycles. The number of carbonyl (C=O) groups is 5. The third kappa shape index (κ3) is 8.20. The van der Waals surface area contributed by atoms with Crippen molar-refractivity contribution in [2.75, 3.05) is 16.8 Å². The third-order valence-electron chi connectivity index (χ3n) is 7.16. The van der Waals surface area contributed by atoms with Gasteiger partial charge in [-0.15, -0.1) is 0 Å². The van der Waals surface area contributed by atoms with E-state index in [1.54, 1.807) is 32.6 Å². The molecular weight excluding hydrogens is 526 g/mol. The zero-order chi connectivity index (χ0) is 30.5. The number of benzene rings is 1. The van der Waals surface area contributed by atoms with Crippen molar-refractivity contribution in [1.82, 2.24) is 16.0 Å². The van der Waals surface area contributed by atoms with E-state index < -0.39 is 41.1 Å². The number of ether oxygens (including phenoxy) is 1. The molecule has 1 aromatic rings. The molecule has 226 valence electrons. The number of hydrogen-bond acceptors (Lipinski definition) is 6. The summed E-state index contributed by atoms with van der Waals surface area (Å²) in [5.74, 6) is -1.31. The predicted molar refractivity (Wildman–Crippen MR) is 156 cm³/mol. The molecule has 3 rings (SSSR count). The van der Waals surface area contributed by atoms with Gasteiger partial charge < -0.3 is 30.9 Å². The van der Waals surface area contributed by atoms with Gasteiger partial charge in [-0.3, -0.25) is 19.2 Å². The third-order valence-corrected chi connectivity index (χ3v) is 7.16. The van der Waals surface area contributed by atoms with Crippen molar-refractivity contribution in [3.05, 3.63) is 23.8 Å². The van der Waals surface area contributed by atoms with Crippen LogP contribution in [0.25, 0.3) is 0 Å². The largest absolute Gasteiger partial charge is 0.444 e. The van der Waals surface area contributed by atoms with Crippen LogP contribution in [0.4, 0.5) is 16.2 Å². The summed E-state index contributed by atoms with van der Waals surface area (Å²) in [4.78, 5) is 66.6. The first kappa shape index (κ1) is 31.9. The molecule has 0 aromatic heterocycles. The average Bonchev–Trinajstić information content (AvgIpc) is 3.27. The van der Waals surface area contributed by atoms with E-state index in [1.165, 1.54) is 0 Å². The van der Waals surface area contributed by atoms with Crippen LogP contribution in [0.1, 0.15) is 86.1 Å². The van der Waals surface area contributed by atoms with Gasteiger partial charge in [0.15, 0.2) is 0 Å². The molecule has 2 unspecified atom stereocenters.